The quantitative estimate of drug-likeness (QED) is 0.515. The first-order chi connectivity index (χ1) is 12.6. The zero-order chi connectivity index (χ0) is 18.5. The molecule has 8 heteroatoms. The van der Waals surface area contributed by atoms with Gasteiger partial charge >= 0.3 is 0 Å². The average molecular weight is 370 g/mol. The van der Waals surface area contributed by atoms with Crippen LogP contribution in [-0.4, -0.2) is 36.5 Å². The number of aromatic amines is 1. The minimum absolute atomic E-state index is 0.248. The Bertz CT molecular complexity index is 946. The first-order valence-corrected chi connectivity index (χ1v) is 8.64. The maximum atomic E-state index is 12.0. The number of benzene rings is 1. The molecule has 3 aromatic rings. The molecule has 0 aliphatic carbocycles. The number of aryl methyl sites for hydroxylation is 1. The zero-order valence-electron chi connectivity index (χ0n) is 14.6. The second kappa shape index (κ2) is 7.83. The van der Waals surface area contributed by atoms with Crippen LogP contribution in [0.1, 0.15) is 20.8 Å². The third-order valence-corrected chi connectivity index (χ3v) is 4.56. The Balaban J connectivity index is 1.77. The molecule has 0 aliphatic heterocycles. The molecule has 26 heavy (non-hydrogen) atoms. The van der Waals surface area contributed by atoms with Crippen LogP contribution in [0.3, 0.4) is 0 Å². The lowest BCUT2D eigenvalue weighted by Crippen LogP contribution is -2.16. The highest BCUT2D eigenvalue weighted by molar-refractivity contribution is 7.10. The molecule has 2 N–H and O–H groups in total. The summed E-state index contributed by atoms with van der Waals surface area (Å²) in [6.45, 7) is 1.95. The number of thiophene rings is 1. The Morgan fingerprint density at radius 1 is 1.27 bits per heavy atom. The summed E-state index contributed by atoms with van der Waals surface area (Å²) in [6.07, 6.45) is 3.18. The number of methoxy groups -OCH3 is 2. The van der Waals surface area contributed by atoms with Gasteiger partial charge in [0.2, 0.25) is 0 Å². The SMILES string of the molecule is COc1ccc(-c2[nH]ncc2/C=N\NC(=O)c2csc(C)c2)cc1OC. The summed E-state index contributed by atoms with van der Waals surface area (Å²) in [5.74, 6) is 1.01. The van der Waals surface area contributed by atoms with Gasteiger partial charge in [-0.15, -0.1) is 11.3 Å². The van der Waals surface area contributed by atoms with Crippen molar-refractivity contribution in [1.82, 2.24) is 15.6 Å². The van der Waals surface area contributed by atoms with Crippen molar-refractivity contribution in [2.75, 3.05) is 14.2 Å². The normalized spacial score (nSPS) is 10.9. The lowest BCUT2D eigenvalue weighted by atomic mass is 10.1. The van der Waals surface area contributed by atoms with Crippen molar-refractivity contribution in [3.8, 4) is 22.8 Å². The van der Waals surface area contributed by atoms with Gasteiger partial charge in [-0.25, -0.2) is 5.43 Å². The predicted molar refractivity (Wildman–Crippen MR) is 101 cm³/mol. The molecule has 2 aromatic heterocycles. The van der Waals surface area contributed by atoms with E-state index in [2.05, 4.69) is 20.7 Å². The van der Waals surface area contributed by atoms with E-state index >= 15 is 0 Å². The molecule has 0 radical (unpaired) electrons. The Labute approximate surface area is 154 Å². The molecule has 0 saturated heterocycles. The van der Waals surface area contributed by atoms with E-state index in [1.54, 1.807) is 32.0 Å². The highest BCUT2D eigenvalue weighted by Crippen LogP contribution is 2.32. The van der Waals surface area contributed by atoms with E-state index in [-0.39, 0.29) is 5.91 Å². The van der Waals surface area contributed by atoms with E-state index in [9.17, 15) is 4.79 Å². The molecular weight excluding hydrogens is 352 g/mol. The van der Waals surface area contributed by atoms with Crippen molar-refractivity contribution in [2.45, 2.75) is 6.92 Å². The Kier molecular flexibility index (Phi) is 5.33. The fraction of sp³-hybridized carbons (Fsp3) is 0.167. The number of ether oxygens (including phenoxy) is 2. The number of hydrazone groups is 1. The zero-order valence-corrected chi connectivity index (χ0v) is 15.4. The van der Waals surface area contributed by atoms with Gasteiger partial charge in [-0.3, -0.25) is 9.89 Å². The van der Waals surface area contributed by atoms with Crippen LogP contribution in [0.25, 0.3) is 11.3 Å². The van der Waals surface area contributed by atoms with Gasteiger partial charge in [0.05, 0.1) is 37.9 Å². The number of hydrogen-bond donors (Lipinski definition) is 2. The summed E-state index contributed by atoms with van der Waals surface area (Å²) < 4.78 is 10.6. The molecule has 134 valence electrons. The van der Waals surface area contributed by atoms with E-state index in [1.807, 2.05) is 31.2 Å². The van der Waals surface area contributed by atoms with Gasteiger partial charge in [0.15, 0.2) is 11.5 Å². The van der Waals surface area contributed by atoms with Crippen LogP contribution in [0, 0.1) is 6.92 Å². The molecular formula is C18H18N4O3S. The third kappa shape index (κ3) is 3.75. The summed E-state index contributed by atoms with van der Waals surface area (Å²) in [4.78, 5) is 13.1. The van der Waals surface area contributed by atoms with Crippen LogP contribution in [-0.2, 0) is 0 Å². The topological polar surface area (TPSA) is 88.6 Å². The predicted octanol–water partition coefficient (Wildman–Crippen LogP) is 3.23. The molecule has 1 aromatic carbocycles. The molecule has 0 spiro atoms. The first kappa shape index (κ1) is 17.7. The summed E-state index contributed by atoms with van der Waals surface area (Å²) >= 11 is 1.52. The molecule has 0 fully saturated rings. The first-order valence-electron chi connectivity index (χ1n) is 7.76. The Morgan fingerprint density at radius 3 is 2.77 bits per heavy atom. The molecule has 0 unspecified atom stereocenters. The van der Waals surface area contributed by atoms with E-state index < -0.39 is 0 Å². The second-order valence-electron chi connectivity index (χ2n) is 5.42. The Morgan fingerprint density at radius 2 is 2.08 bits per heavy atom. The minimum atomic E-state index is -0.248. The van der Waals surface area contributed by atoms with Crippen LogP contribution < -0.4 is 14.9 Å². The standard InChI is InChI=1S/C18H18N4O3S/c1-11-6-13(10-26-11)18(23)22-20-9-14-8-19-21-17(14)12-4-5-15(24-2)16(7-12)25-3/h4-10H,1-3H3,(H,19,21)(H,22,23)/b20-9-. The number of nitrogens with one attached hydrogen (secondary N) is 2. The summed E-state index contributed by atoms with van der Waals surface area (Å²) in [6, 6.07) is 7.37. The molecule has 0 saturated carbocycles. The molecule has 7 nitrogen and oxygen atoms in total. The lowest BCUT2D eigenvalue weighted by molar-refractivity contribution is 0.0955. The average Bonchev–Trinajstić information content (AvgIpc) is 3.30. The minimum Gasteiger partial charge on any atom is -0.493 e. The molecule has 0 atom stereocenters. The monoisotopic (exact) mass is 370 g/mol. The molecule has 2 heterocycles. The van der Waals surface area contributed by atoms with Crippen LogP contribution in [0.5, 0.6) is 11.5 Å². The van der Waals surface area contributed by atoms with Gasteiger partial charge in [0, 0.05) is 21.4 Å². The van der Waals surface area contributed by atoms with Crippen LogP contribution >= 0.6 is 11.3 Å². The smallest absolute Gasteiger partial charge is 0.272 e. The van der Waals surface area contributed by atoms with E-state index in [0.717, 1.165) is 21.7 Å². The molecule has 0 aliphatic rings. The van der Waals surface area contributed by atoms with Crippen molar-refractivity contribution in [1.29, 1.82) is 0 Å². The number of H-pyrrole nitrogens is 1. The summed E-state index contributed by atoms with van der Waals surface area (Å²) in [5, 5.41) is 12.8. The number of carbonyl (C=O) groups is 1. The van der Waals surface area contributed by atoms with Crippen LogP contribution in [0.2, 0.25) is 0 Å². The number of carbonyl (C=O) groups excluding carboxylic acids is 1. The second-order valence-corrected chi connectivity index (χ2v) is 6.53. The van der Waals surface area contributed by atoms with Gasteiger partial charge in [0.1, 0.15) is 0 Å². The molecule has 3 rings (SSSR count). The van der Waals surface area contributed by atoms with Gasteiger partial charge in [0.25, 0.3) is 5.91 Å². The molecule has 0 bridgehead atoms. The van der Waals surface area contributed by atoms with Crippen molar-refractivity contribution < 1.29 is 14.3 Å². The number of rotatable bonds is 6. The summed E-state index contributed by atoms with van der Waals surface area (Å²) in [5.41, 5.74) is 5.47. The van der Waals surface area contributed by atoms with Gasteiger partial charge in [-0.05, 0) is 31.2 Å². The Hall–Kier alpha value is -3.13. The summed E-state index contributed by atoms with van der Waals surface area (Å²) in [7, 11) is 3.17. The van der Waals surface area contributed by atoms with E-state index in [0.29, 0.717) is 17.1 Å². The van der Waals surface area contributed by atoms with Gasteiger partial charge < -0.3 is 9.47 Å². The van der Waals surface area contributed by atoms with Gasteiger partial charge in [-0.2, -0.15) is 10.2 Å². The fourth-order valence-corrected chi connectivity index (χ4v) is 3.09. The van der Waals surface area contributed by atoms with E-state index in [1.165, 1.54) is 11.3 Å². The number of nitrogens with zero attached hydrogens (tertiary/aromatic N) is 2. The van der Waals surface area contributed by atoms with E-state index in [4.69, 9.17) is 9.47 Å². The number of aromatic nitrogens is 2. The maximum absolute atomic E-state index is 12.0. The van der Waals surface area contributed by atoms with Crippen molar-refractivity contribution in [3.05, 3.63) is 51.8 Å². The van der Waals surface area contributed by atoms with Crippen LogP contribution in [0.15, 0.2) is 40.9 Å². The number of hydrogen-bond acceptors (Lipinski definition) is 6. The van der Waals surface area contributed by atoms with Crippen molar-refractivity contribution in [3.63, 3.8) is 0 Å². The highest BCUT2D eigenvalue weighted by atomic mass is 32.1. The van der Waals surface area contributed by atoms with Crippen molar-refractivity contribution in [2.24, 2.45) is 5.10 Å². The van der Waals surface area contributed by atoms with Crippen molar-refractivity contribution >= 4 is 23.5 Å². The maximum Gasteiger partial charge on any atom is 0.272 e. The number of amides is 1. The largest absolute Gasteiger partial charge is 0.493 e. The van der Waals surface area contributed by atoms with Crippen LogP contribution in [0.4, 0.5) is 0 Å². The third-order valence-electron chi connectivity index (χ3n) is 3.70. The fourth-order valence-electron chi connectivity index (χ4n) is 2.40. The lowest BCUT2D eigenvalue weighted by Gasteiger charge is -2.09. The highest BCUT2D eigenvalue weighted by Gasteiger charge is 2.11. The van der Waals surface area contributed by atoms with Gasteiger partial charge in [-0.1, -0.05) is 0 Å². The molecule has 1 amide bonds.